The number of hydrogen-bond donors (Lipinski definition) is 1. The molecule has 0 heterocycles. The van der Waals surface area contributed by atoms with E-state index < -0.39 is 12.1 Å². The molecule has 2 rings (SSSR count). The van der Waals surface area contributed by atoms with E-state index in [2.05, 4.69) is 0 Å². The molecule has 2 nitrogen and oxygen atoms in total. The summed E-state index contributed by atoms with van der Waals surface area (Å²) in [5, 5.41) is 8.50. The first kappa shape index (κ1) is 10.1. The van der Waals surface area contributed by atoms with Gasteiger partial charge in [0.1, 0.15) is 0 Å². The van der Waals surface area contributed by atoms with Gasteiger partial charge in [0.2, 0.25) is 6.17 Å². The van der Waals surface area contributed by atoms with Gasteiger partial charge in [-0.15, -0.1) is 0 Å². The highest BCUT2D eigenvalue weighted by molar-refractivity contribution is 5.74. The number of rotatable bonds is 3. The highest BCUT2D eigenvalue weighted by Crippen LogP contribution is 2.36. The Morgan fingerprint density at radius 3 is 2.33 bits per heavy atom. The summed E-state index contributed by atoms with van der Waals surface area (Å²) >= 11 is 0. The summed E-state index contributed by atoms with van der Waals surface area (Å²) in [6, 6.07) is 6.84. The average molecular weight is 208 g/mol. The first-order valence-electron chi connectivity index (χ1n) is 5.15. The molecular weight excluding hydrogens is 195 g/mol. The number of hydrogen-bond acceptors (Lipinski definition) is 1. The van der Waals surface area contributed by atoms with Crippen molar-refractivity contribution < 1.29 is 14.3 Å². The Morgan fingerprint density at radius 1 is 1.33 bits per heavy atom. The van der Waals surface area contributed by atoms with Crippen molar-refractivity contribution in [3.8, 4) is 0 Å². The van der Waals surface area contributed by atoms with Gasteiger partial charge in [0.25, 0.3) is 0 Å². The van der Waals surface area contributed by atoms with Crippen LogP contribution in [0.25, 0.3) is 0 Å². The number of alkyl halides is 1. The number of halogens is 1. The van der Waals surface area contributed by atoms with Crippen molar-refractivity contribution in [1.29, 1.82) is 0 Å². The molecule has 1 aromatic rings. The van der Waals surface area contributed by atoms with Gasteiger partial charge in [0.05, 0.1) is 0 Å². The Kier molecular flexibility index (Phi) is 2.71. The molecule has 0 aliphatic heterocycles. The van der Waals surface area contributed by atoms with Gasteiger partial charge in [0, 0.05) is 0 Å². The minimum atomic E-state index is -1.90. The lowest BCUT2D eigenvalue weighted by Gasteiger charge is -2.25. The van der Waals surface area contributed by atoms with Crippen LogP contribution in [0, 0.1) is 0 Å². The van der Waals surface area contributed by atoms with E-state index in [-0.39, 0.29) is 5.56 Å². The van der Waals surface area contributed by atoms with Gasteiger partial charge in [-0.05, 0) is 29.9 Å². The summed E-state index contributed by atoms with van der Waals surface area (Å²) in [7, 11) is 0. The number of benzene rings is 1. The maximum Gasteiger partial charge on any atom is 0.343 e. The lowest BCUT2D eigenvalue weighted by atomic mass is 9.80. The quantitative estimate of drug-likeness (QED) is 0.828. The van der Waals surface area contributed by atoms with Crippen LogP contribution in [0.3, 0.4) is 0 Å². The molecule has 1 aromatic carbocycles. The predicted molar refractivity (Wildman–Crippen MR) is 54.5 cm³/mol. The van der Waals surface area contributed by atoms with Crippen molar-refractivity contribution in [2.24, 2.45) is 0 Å². The van der Waals surface area contributed by atoms with E-state index in [1.807, 2.05) is 12.1 Å². The van der Waals surface area contributed by atoms with Crippen LogP contribution in [-0.4, -0.2) is 11.1 Å². The zero-order chi connectivity index (χ0) is 10.8. The van der Waals surface area contributed by atoms with Crippen LogP contribution in [0.5, 0.6) is 0 Å². The normalized spacial score (nSPS) is 18.2. The van der Waals surface area contributed by atoms with E-state index in [9.17, 15) is 9.18 Å². The molecule has 0 spiro atoms. The average Bonchev–Trinajstić information content (AvgIpc) is 2.15. The Labute approximate surface area is 87.7 Å². The molecule has 15 heavy (non-hydrogen) atoms. The van der Waals surface area contributed by atoms with Crippen molar-refractivity contribution in [2.45, 2.75) is 31.4 Å². The molecule has 0 saturated heterocycles. The Balaban J connectivity index is 2.12. The summed E-state index contributed by atoms with van der Waals surface area (Å²) in [4.78, 5) is 10.4. The number of aliphatic carboxylic acids is 1. The smallest absolute Gasteiger partial charge is 0.343 e. The molecule has 80 valence electrons. The zero-order valence-corrected chi connectivity index (χ0v) is 8.32. The third-order valence-corrected chi connectivity index (χ3v) is 3.02. The van der Waals surface area contributed by atoms with Crippen LogP contribution in [0.4, 0.5) is 4.39 Å². The fourth-order valence-electron chi connectivity index (χ4n) is 1.82. The summed E-state index contributed by atoms with van der Waals surface area (Å²) in [5.41, 5.74) is 1.42. The van der Waals surface area contributed by atoms with E-state index in [1.54, 1.807) is 12.1 Å². The zero-order valence-electron chi connectivity index (χ0n) is 8.32. The predicted octanol–water partition coefficient (Wildman–Crippen LogP) is 3.05. The van der Waals surface area contributed by atoms with Crippen molar-refractivity contribution in [1.82, 2.24) is 0 Å². The van der Waals surface area contributed by atoms with Gasteiger partial charge in [-0.25, -0.2) is 9.18 Å². The standard InChI is InChI=1S/C12H13FO2/c13-11(12(14)15)10-6-4-9(5-7-10)8-2-1-3-8/h4-8,11H,1-3H2,(H,14,15). The van der Waals surface area contributed by atoms with Crippen molar-refractivity contribution >= 4 is 5.97 Å². The maximum atomic E-state index is 13.1. The molecule has 3 heteroatoms. The fourth-order valence-corrected chi connectivity index (χ4v) is 1.82. The molecule has 0 aromatic heterocycles. The van der Waals surface area contributed by atoms with Crippen molar-refractivity contribution in [2.75, 3.05) is 0 Å². The highest BCUT2D eigenvalue weighted by atomic mass is 19.1. The molecule has 1 unspecified atom stereocenters. The maximum absolute atomic E-state index is 13.1. The van der Waals surface area contributed by atoms with E-state index in [1.165, 1.54) is 24.8 Å². The van der Waals surface area contributed by atoms with Crippen LogP contribution in [0.15, 0.2) is 24.3 Å². The second-order valence-electron chi connectivity index (χ2n) is 4.00. The summed E-state index contributed by atoms with van der Waals surface area (Å²) < 4.78 is 13.1. The van der Waals surface area contributed by atoms with Crippen LogP contribution >= 0.6 is 0 Å². The third-order valence-electron chi connectivity index (χ3n) is 3.02. The summed E-state index contributed by atoms with van der Waals surface area (Å²) in [6.45, 7) is 0. The molecule has 1 N–H and O–H groups in total. The first-order chi connectivity index (χ1) is 7.18. The number of carboxylic acids is 1. The molecule has 1 fully saturated rings. The molecule has 0 bridgehead atoms. The van der Waals surface area contributed by atoms with Crippen LogP contribution in [-0.2, 0) is 4.79 Å². The molecular formula is C12H13FO2. The SMILES string of the molecule is O=C(O)C(F)c1ccc(C2CCC2)cc1. The Bertz CT molecular complexity index is 354. The van der Waals surface area contributed by atoms with Gasteiger partial charge in [-0.2, -0.15) is 0 Å². The third kappa shape index (κ3) is 2.01. The topological polar surface area (TPSA) is 37.3 Å². The molecule has 1 aliphatic rings. The monoisotopic (exact) mass is 208 g/mol. The van der Waals surface area contributed by atoms with Crippen LogP contribution in [0.1, 0.15) is 42.5 Å². The van der Waals surface area contributed by atoms with Crippen LogP contribution in [0.2, 0.25) is 0 Å². The lowest BCUT2D eigenvalue weighted by molar-refractivity contribution is -0.143. The largest absolute Gasteiger partial charge is 0.479 e. The summed E-state index contributed by atoms with van der Waals surface area (Å²) in [6.07, 6.45) is 1.74. The van der Waals surface area contributed by atoms with Gasteiger partial charge < -0.3 is 5.11 Å². The first-order valence-corrected chi connectivity index (χ1v) is 5.15. The minimum absolute atomic E-state index is 0.227. The van der Waals surface area contributed by atoms with E-state index in [4.69, 9.17) is 5.11 Å². The van der Waals surface area contributed by atoms with Crippen molar-refractivity contribution in [3.05, 3.63) is 35.4 Å². The van der Waals surface area contributed by atoms with Gasteiger partial charge >= 0.3 is 5.97 Å². The van der Waals surface area contributed by atoms with Gasteiger partial charge in [-0.3, -0.25) is 0 Å². The lowest BCUT2D eigenvalue weighted by Crippen LogP contribution is -2.09. The Morgan fingerprint density at radius 2 is 1.93 bits per heavy atom. The van der Waals surface area contributed by atoms with E-state index in [0.29, 0.717) is 5.92 Å². The molecule has 0 radical (unpaired) electrons. The van der Waals surface area contributed by atoms with Crippen molar-refractivity contribution in [3.63, 3.8) is 0 Å². The van der Waals surface area contributed by atoms with Crippen LogP contribution < -0.4 is 0 Å². The molecule has 1 saturated carbocycles. The summed E-state index contributed by atoms with van der Waals surface area (Å²) in [5.74, 6) is -0.826. The van der Waals surface area contributed by atoms with Gasteiger partial charge in [0.15, 0.2) is 0 Å². The number of carboxylic acid groups (broad SMARTS) is 1. The second-order valence-corrected chi connectivity index (χ2v) is 4.00. The molecule has 1 aliphatic carbocycles. The second kappa shape index (κ2) is 4.01. The van der Waals surface area contributed by atoms with Gasteiger partial charge in [-0.1, -0.05) is 30.7 Å². The molecule has 0 amide bonds. The molecule has 1 atom stereocenters. The minimum Gasteiger partial charge on any atom is -0.479 e. The number of carbonyl (C=O) groups is 1. The Hall–Kier alpha value is -1.38. The van der Waals surface area contributed by atoms with E-state index >= 15 is 0 Å². The highest BCUT2D eigenvalue weighted by Gasteiger charge is 2.21. The van der Waals surface area contributed by atoms with E-state index in [0.717, 1.165) is 0 Å². The fraction of sp³-hybridized carbons (Fsp3) is 0.417.